The van der Waals surface area contributed by atoms with E-state index in [1.165, 1.54) is 14.2 Å². The molecule has 0 saturated heterocycles. The molecule has 4 aliphatic rings. The first-order valence-electron chi connectivity index (χ1n) is 26.4. The van der Waals surface area contributed by atoms with Crippen molar-refractivity contribution in [3.8, 4) is 23.0 Å². The molecule has 416 valence electrons. The normalized spacial score (nSPS) is 17.6. The molecule has 0 saturated carbocycles. The van der Waals surface area contributed by atoms with Crippen LogP contribution in [0.3, 0.4) is 0 Å². The van der Waals surface area contributed by atoms with Crippen molar-refractivity contribution in [1.82, 2.24) is 10.6 Å². The molecule has 9 rings (SSSR count). The van der Waals surface area contributed by atoms with Gasteiger partial charge in [0.15, 0.2) is 23.0 Å². The van der Waals surface area contributed by atoms with Gasteiger partial charge in [0.05, 0.1) is 48.8 Å². The fourth-order valence-electron chi connectivity index (χ4n) is 10.2. The standard InChI is InChI=1S/C59H67N7O11S2/c1-33(67)13-12-20-78-79-59(4,5)19-18-53(68)61-34(2)54(69)62-35(3)55(70)63-40-22-36(31-76-51-28-44-42(26-49(51)74-6)57(72)65-41(30-60-44)24-38-14-8-10-16-46(38)65)21-37(23-40)32-77-52-29-45-43(27-50(52)75-7)58(73)66-47-17-11-9-15-39(47)25-48(66)56(71)64-45/h8-11,14-17,21-23,26-29,34-35,41,48,56,60,64,71H,12-13,18-20,24-25,30-32H2,1-7H3,(H,61,68)(H,62,69)(H,63,70)/t34-,35-,41-,48-,56?/m0/s1. The van der Waals surface area contributed by atoms with Crippen molar-refractivity contribution < 1.29 is 52.8 Å². The molecule has 5 aromatic carbocycles. The smallest absolute Gasteiger partial charge is 0.260 e. The summed E-state index contributed by atoms with van der Waals surface area (Å²) in [6.45, 7) is 9.24. The predicted octanol–water partition coefficient (Wildman–Crippen LogP) is 8.43. The lowest BCUT2D eigenvalue weighted by molar-refractivity contribution is -0.130. The van der Waals surface area contributed by atoms with Crippen LogP contribution in [0.4, 0.5) is 28.4 Å². The molecule has 0 aliphatic carbocycles. The second-order valence-corrected chi connectivity index (χ2v) is 24.0. The molecule has 5 amide bonds. The number of ketones is 1. The highest BCUT2D eigenvalue weighted by molar-refractivity contribution is 8.77. The van der Waals surface area contributed by atoms with Crippen molar-refractivity contribution in [1.29, 1.82) is 0 Å². The van der Waals surface area contributed by atoms with Crippen molar-refractivity contribution in [3.63, 3.8) is 0 Å². The number of anilines is 5. The molecule has 1 unspecified atom stereocenters. The number of nitrogens with zero attached hydrogens (tertiary/aromatic N) is 2. The van der Waals surface area contributed by atoms with Crippen LogP contribution in [0.15, 0.2) is 91.0 Å². The number of Topliss-reactive ketones (excluding diaryl/α,β-unsaturated/α-hetero) is 1. The summed E-state index contributed by atoms with van der Waals surface area (Å²) in [6.07, 6.45) is 2.23. The van der Waals surface area contributed by atoms with Crippen molar-refractivity contribution in [2.24, 2.45) is 0 Å². The first kappa shape index (κ1) is 56.3. The third kappa shape index (κ3) is 12.9. The van der Waals surface area contributed by atoms with E-state index in [9.17, 15) is 33.9 Å². The minimum absolute atomic E-state index is 0.0197. The molecule has 20 heteroatoms. The van der Waals surface area contributed by atoms with Gasteiger partial charge in [-0.15, -0.1) is 0 Å². The zero-order chi connectivity index (χ0) is 56.1. The Morgan fingerprint density at radius 2 is 1.32 bits per heavy atom. The Kier molecular flexibility index (Phi) is 17.3. The van der Waals surface area contributed by atoms with E-state index in [2.05, 4.69) is 40.4 Å². The Hall–Kier alpha value is -7.42. The second-order valence-electron chi connectivity index (χ2n) is 20.9. The van der Waals surface area contributed by atoms with Crippen LogP contribution in [-0.4, -0.2) is 102 Å². The molecule has 0 spiro atoms. The van der Waals surface area contributed by atoms with Crippen LogP contribution in [0, 0.1) is 0 Å². The Labute approximate surface area is 467 Å². The number of rotatable bonds is 22. The van der Waals surface area contributed by atoms with Crippen LogP contribution in [0.25, 0.3) is 0 Å². The lowest BCUT2D eigenvalue weighted by Crippen LogP contribution is -2.50. The number of carbonyl (C=O) groups is 6. The second kappa shape index (κ2) is 24.3. The Morgan fingerprint density at radius 3 is 1.96 bits per heavy atom. The molecule has 4 heterocycles. The topological polar surface area (TPSA) is 226 Å². The summed E-state index contributed by atoms with van der Waals surface area (Å²) >= 11 is 0. The van der Waals surface area contributed by atoms with E-state index in [0.29, 0.717) is 76.6 Å². The molecular formula is C59H67N7O11S2. The first-order chi connectivity index (χ1) is 37.9. The van der Waals surface area contributed by atoms with Gasteiger partial charge in [-0.2, -0.15) is 0 Å². The minimum Gasteiger partial charge on any atom is -0.493 e. The van der Waals surface area contributed by atoms with Gasteiger partial charge in [0.1, 0.15) is 37.3 Å². The third-order valence-electron chi connectivity index (χ3n) is 14.4. The molecule has 18 nitrogen and oxygen atoms in total. The predicted molar refractivity (Wildman–Crippen MR) is 308 cm³/mol. The minimum atomic E-state index is -1.09. The van der Waals surface area contributed by atoms with Crippen molar-refractivity contribution in [2.75, 3.05) is 52.3 Å². The van der Waals surface area contributed by atoms with Gasteiger partial charge >= 0.3 is 0 Å². The molecule has 0 bridgehead atoms. The van der Waals surface area contributed by atoms with Crippen molar-refractivity contribution in [2.45, 2.75) is 121 Å². The quantitative estimate of drug-likeness (QED) is 0.0283. The lowest BCUT2D eigenvalue weighted by Gasteiger charge is -2.26. The number of methoxy groups -OCH3 is 2. The van der Waals surface area contributed by atoms with Crippen LogP contribution in [0.1, 0.15) is 103 Å². The van der Waals surface area contributed by atoms with Gasteiger partial charge in [0.25, 0.3) is 11.8 Å². The number of amides is 5. The highest BCUT2D eigenvalue weighted by atomic mass is 33.1. The summed E-state index contributed by atoms with van der Waals surface area (Å²) < 4.78 is 24.2. The highest BCUT2D eigenvalue weighted by Crippen LogP contribution is 2.44. The molecule has 6 N–H and O–H groups in total. The third-order valence-corrected chi connectivity index (χ3v) is 17.8. The zero-order valence-electron chi connectivity index (χ0n) is 45.4. The summed E-state index contributed by atoms with van der Waals surface area (Å²) in [6, 6.07) is 24.9. The van der Waals surface area contributed by atoms with E-state index in [1.54, 1.807) is 83.7 Å². The van der Waals surface area contributed by atoms with E-state index in [-0.39, 0.29) is 65.4 Å². The van der Waals surface area contributed by atoms with Crippen LogP contribution < -0.4 is 55.3 Å². The van der Waals surface area contributed by atoms with Gasteiger partial charge in [0, 0.05) is 59.1 Å². The van der Waals surface area contributed by atoms with E-state index >= 15 is 0 Å². The van der Waals surface area contributed by atoms with Crippen molar-refractivity contribution in [3.05, 3.63) is 124 Å². The van der Waals surface area contributed by atoms with Gasteiger partial charge in [0.2, 0.25) is 17.7 Å². The van der Waals surface area contributed by atoms with Gasteiger partial charge in [-0.3, -0.25) is 24.0 Å². The monoisotopic (exact) mass is 1110 g/mol. The number of fused-ring (bicyclic) bond motifs is 8. The van der Waals surface area contributed by atoms with Crippen LogP contribution in [0.5, 0.6) is 23.0 Å². The molecule has 0 aromatic heterocycles. The molecule has 5 aromatic rings. The van der Waals surface area contributed by atoms with Crippen LogP contribution in [-0.2, 0) is 45.2 Å². The summed E-state index contributed by atoms with van der Waals surface area (Å²) in [5.74, 6) is 0.464. The number of benzene rings is 5. The highest BCUT2D eigenvalue weighted by Gasteiger charge is 2.43. The summed E-state index contributed by atoms with van der Waals surface area (Å²) in [5.41, 5.74) is 6.98. The maximum atomic E-state index is 14.2. The molecule has 5 atom stereocenters. The van der Waals surface area contributed by atoms with Crippen LogP contribution >= 0.6 is 21.6 Å². The first-order valence-corrected chi connectivity index (χ1v) is 28.8. The van der Waals surface area contributed by atoms with Crippen molar-refractivity contribution >= 4 is 85.3 Å². The lowest BCUT2D eigenvalue weighted by atomic mass is 10.1. The van der Waals surface area contributed by atoms with E-state index in [4.69, 9.17) is 18.9 Å². The molecule has 79 heavy (non-hydrogen) atoms. The number of aliphatic hydroxyl groups is 1. The SMILES string of the molecule is COc1cc2c(cc1OCc1cc(COc3cc4c(cc3OC)C(=O)N3c5ccccc5C[C@H]3C(O)N4)cc(NC(=O)[C@H](C)NC(=O)[C@H](C)NC(=O)CCC(C)(C)SSCCCC(C)=O)c1)NC[C@@H]1Cc3ccccc3N1C2=O. The largest absolute Gasteiger partial charge is 0.493 e. The molecule has 0 fully saturated rings. The molecular weight excluding hydrogens is 1050 g/mol. The number of carbonyl (C=O) groups excluding carboxylic acids is 6. The number of ether oxygens (including phenoxy) is 4. The molecule has 0 radical (unpaired) electrons. The van der Waals surface area contributed by atoms with Gasteiger partial charge in [-0.1, -0.05) is 58.0 Å². The number of hydrogen-bond acceptors (Lipinski definition) is 15. The van der Waals surface area contributed by atoms with Gasteiger partial charge in [-0.05, 0) is 125 Å². The number of nitrogens with one attached hydrogen (secondary N) is 5. The average molecular weight is 1110 g/mol. The maximum absolute atomic E-state index is 14.2. The maximum Gasteiger partial charge on any atom is 0.260 e. The summed E-state index contributed by atoms with van der Waals surface area (Å²) in [4.78, 5) is 83.3. The molecule has 4 aliphatic heterocycles. The Morgan fingerprint density at radius 1 is 0.734 bits per heavy atom. The Bertz CT molecular complexity index is 3170. The fraction of sp³-hybridized carbons (Fsp3) is 0.390. The van der Waals surface area contributed by atoms with Gasteiger partial charge < -0.3 is 65.2 Å². The van der Waals surface area contributed by atoms with E-state index < -0.39 is 36.2 Å². The summed E-state index contributed by atoms with van der Waals surface area (Å²) in [5, 5.41) is 26.4. The van der Waals surface area contributed by atoms with E-state index in [1.807, 2.05) is 59.5 Å². The van der Waals surface area contributed by atoms with E-state index in [0.717, 1.165) is 41.1 Å². The number of hydrogen-bond donors (Lipinski definition) is 6. The zero-order valence-corrected chi connectivity index (χ0v) is 47.0. The average Bonchev–Trinajstić information content (AvgIpc) is 4.21. The fourth-order valence-corrected chi connectivity index (χ4v) is 12.9. The summed E-state index contributed by atoms with van der Waals surface area (Å²) in [7, 11) is 6.33. The number of aliphatic hydroxyl groups excluding tert-OH is 1. The Balaban J connectivity index is 0.906. The number of para-hydroxylation sites is 2. The van der Waals surface area contributed by atoms with Gasteiger partial charge in [-0.25, -0.2) is 0 Å². The van der Waals surface area contributed by atoms with Crippen LogP contribution in [0.2, 0.25) is 0 Å².